The van der Waals surface area contributed by atoms with Gasteiger partial charge in [-0.05, 0) is 42.6 Å². The first-order valence-electron chi connectivity index (χ1n) is 9.44. The highest BCUT2D eigenvalue weighted by Crippen LogP contribution is 2.22. The Balaban J connectivity index is 1.25. The highest BCUT2D eigenvalue weighted by Gasteiger charge is 2.22. The zero-order chi connectivity index (χ0) is 18.6. The Morgan fingerprint density at radius 2 is 2.00 bits per heavy atom. The highest BCUT2D eigenvalue weighted by molar-refractivity contribution is 5.92. The van der Waals surface area contributed by atoms with Crippen LogP contribution in [0.15, 0.2) is 36.7 Å². The highest BCUT2D eigenvalue weighted by atomic mass is 16.3. The van der Waals surface area contributed by atoms with Crippen LogP contribution in [0.3, 0.4) is 0 Å². The van der Waals surface area contributed by atoms with Gasteiger partial charge in [0.15, 0.2) is 0 Å². The molecule has 1 atom stereocenters. The monoisotopic (exact) mass is 367 g/mol. The summed E-state index contributed by atoms with van der Waals surface area (Å²) < 4.78 is 0. The summed E-state index contributed by atoms with van der Waals surface area (Å²) in [4.78, 5) is 22.9. The lowest BCUT2D eigenvalue weighted by molar-refractivity contribution is 0.0851. The van der Waals surface area contributed by atoms with Gasteiger partial charge in [0.1, 0.15) is 12.0 Å². The van der Waals surface area contributed by atoms with E-state index in [1.807, 2.05) is 12.1 Å². The van der Waals surface area contributed by atoms with Gasteiger partial charge in [0, 0.05) is 31.9 Å². The van der Waals surface area contributed by atoms with Crippen LogP contribution in [-0.4, -0.2) is 58.2 Å². The topological polar surface area (TPSA) is 90.4 Å². The third kappa shape index (κ3) is 4.50. The number of benzene rings is 1. The first-order valence-corrected chi connectivity index (χ1v) is 9.44. The molecule has 2 aliphatic rings. The zero-order valence-corrected chi connectivity index (χ0v) is 15.3. The summed E-state index contributed by atoms with van der Waals surface area (Å²) in [5, 5.41) is 16.3. The Bertz CT molecular complexity index is 783. The number of aliphatic hydroxyl groups is 1. The average Bonchev–Trinajstić information content (AvgIpc) is 3.05. The van der Waals surface area contributed by atoms with Crippen molar-refractivity contribution in [2.75, 3.05) is 26.2 Å². The van der Waals surface area contributed by atoms with E-state index in [4.69, 9.17) is 0 Å². The fourth-order valence-corrected chi connectivity index (χ4v) is 3.62. The maximum absolute atomic E-state index is 12.3. The minimum Gasteiger partial charge on any atom is -0.390 e. The number of amides is 1. The quantitative estimate of drug-likeness (QED) is 0.654. The molecule has 1 saturated heterocycles. The van der Waals surface area contributed by atoms with Gasteiger partial charge in [-0.3, -0.25) is 9.69 Å². The lowest BCUT2D eigenvalue weighted by atomic mass is 9.97. The van der Waals surface area contributed by atoms with Crippen LogP contribution in [0.2, 0.25) is 0 Å². The van der Waals surface area contributed by atoms with Crippen LogP contribution in [0.5, 0.6) is 0 Å². The van der Waals surface area contributed by atoms with Crippen molar-refractivity contribution in [3.05, 3.63) is 59.2 Å². The van der Waals surface area contributed by atoms with Gasteiger partial charge in [0.05, 0.1) is 6.10 Å². The maximum atomic E-state index is 12.3. The molecule has 0 saturated carbocycles. The number of fused-ring (bicyclic) bond motifs is 1. The van der Waals surface area contributed by atoms with Crippen LogP contribution in [0.4, 0.5) is 0 Å². The largest absolute Gasteiger partial charge is 0.390 e. The summed E-state index contributed by atoms with van der Waals surface area (Å²) in [6.45, 7) is 4.41. The predicted octanol–water partition coefficient (Wildman–Crippen LogP) is 0.345. The molecule has 142 valence electrons. The molecule has 4 rings (SSSR count). The predicted molar refractivity (Wildman–Crippen MR) is 101 cm³/mol. The van der Waals surface area contributed by atoms with Crippen molar-refractivity contribution in [2.45, 2.75) is 25.6 Å². The molecule has 1 fully saturated rings. The van der Waals surface area contributed by atoms with Gasteiger partial charge in [-0.1, -0.05) is 24.3 Å². The SMILES string of the molecule is O=C(NC[C@H](O)CN1Cc2ccccc2C1)c1cc(CC2CNC2)ncn1. The number of rotatable bonds is 7. The van der Waals surface area contributed by atoms with E-state index in [0.29, 0.717) is 18.2 Å². The van der Waals surface area contributed by atoms with Crippen LogP contribution in [-0.2, 0) is 19.5 Å². The van der Waals surface area contributed by atoms with E-state index in [-0.39, 0.29) is 12.5 Å². The van der Waals surface area contributed by atoms with Crippen LogP contribution < -0.4 is 10.6 Å². The van der Waals surface area contributed by atoms with E-state index in [2.05, 4.69) is 37.6 Å². The number of hydrogen-bond donors (Lipinski definition) is 3. The molecule has 0 spiro atoms. The number of carbonyl (C=O) groups is 1. The van der Waals surface area contributed by atoms with Crippen LogP contribution in [0.1, 0.15) is 27.3 Å². The lowest BCUT2D eigenvalue weighted by Crippen LogP contribution is -2.43. The van der Waals surface area contributed by atoms with Crippen molar-refractivity contribution in [1.29, 1.82) is 0 Å². The maximum Gasteiger partial charge on any atom is 0.270 e. The molecule has 0 bridgehead atoms. The summed E-state index contributed by atoms with van der Waals surface area (Å²) in [6, 6.07) is 10.1. The van der Waals surface area contributed by atoms with Crippen molar-refractivity contribution in [1.82, 2.24) is 25.5 Å². The average molecular weight is 367 g/mol. The standard InChI is InChI=1S/C20H25N5O2/c26-18(12-25-10-15-3-1-2-4-16(15)11-25)9-22-20(27)19-6-17(23-13-24-19)5-14-7-21-8-14/h1-4,6,13-14,18,21,26H,5,7-12H2,(H,22,27)/t18-/m0/s1. The molecule has 7 nitrogen and oxygen atoms in total. The minimum absolute atomic E-state index is 0.206. The number of aromatic nitrogens is 2. The molecule has 0 radical (unpaired) electrons. The summed E-state index contributed by atoms with van der Waals surface area (Å²) in [7, 11) is 0. The Kier molecular flexibility index (Phi) is 5.42. The summed E-state index contributed by atoms with van der Waals surface area (Å²) in [6.07, 6.45) is 1.67. The molecule has 1 aromatic carbocycles. The van der Waals surface area contributed by atoms with E-state index >= 15 is 0 Å². The molecule has 2 aliphatic heterocycles. The van der Waals surface area contributed by atoms with E-state index in [0.717, 1.165) is 38.3 Å². The minimum atomic E-state index is -0.620. The van der Waals surface area contributed by atoms with Crippen molar-refractivity contribution in [2.24, 2.45) is 5.92 Å². The van der Waals surface area contributed by atoms with Gasteiger partial charge in [0.25, 0.3) is 5.91 Å². The molecule has 1 aromatic heterocycles. The fraction of sp³-hybridized carbons (Fsp3) is 0.450. The third-order valence-corrected chi connectivity index (χ3v) is 5.19. The normalized spacial score (nSPS) is 18.0. The summed E-state index contributed by atoms with van der Waals surface area (Å²) >= 11 is 0. The van der Waals surface area contributed by atoms with Gasteiger partial charge < -0.3 is 15.7 Å². The van der Waals surface area contributed by atoms with Crippen molar-refractivity contribution >= 4 is 5.91 Å². The van der Waals surface area contributed by atoms with Gasteiger partial charge >= 0.3 is 0 Å². The molecular formula is C20H25N5O2. The zero-order valence-electron chi connectivity index (χ0n) is 15.3. The Labute approximate surface area is 158 Å². The Hall–Kier alpha value is -2.35. The lowest BCUT2D eigenvalue weighted by Gasteiger charge is -2.26. The Morgan fingerprint density at radius 3 is 2.67 bits per heavy atom. The number of nitrogens with one attached hydrogen (secondary N) is 2. The molecule has 27 heavy (non-hydrogen) atoms. The second-order valence-corrected chi connectivity index (χ2v) is 7.43. The van der Waals surface area contributed by atoms with Gasteiger partial charge in [-0.25, -0.2) is 9.97 Å². The summed E-state index contributed by atoms with van der Waals surface area (Å²) in [5.41, 5.74) is 3.86. The number of aliphatic hydroxyl groups excluding tert-OH is 1. The van der Waals surface area contributed by atoms with E-state index in [1.54, 1.807) is 6.07 Å². The van der Waals surface area contributed by atoms with Crippen LogP contribution in [0.25, 0.3) is 0 Å². The van der Waals surface area contributed by atoms with Crippen molar-refractivity contribution in [3.63, 3.8) is 0 Å². The van der Waals surface area contributed by atoms with Crippen LogP contribution >= 0.6 is 0 Å². The second-order valence-electron chi connectivity index (χ2n) is 7.43. The number of nitrogens with zero attached hydrogens (tertiary/aromatic N) is 3. The van der Waals surface area contributed by atoms with E-state index in [9.17, 15) is 9.90 Å². The molecule has 1 amide bonds. The van der Waals surface area contributed by atoms with Gasteiger partial charge in [0.2, 0.25) is 0 Å². The van der Waals surface area contributed by atoms with Crippen molar-refractivity contribution < 1.29 is 9.90 Å². The molecule has 0 unspecified atom stereocenters. The molecule has 7 heteroatoms. The first-order chi connectivity index (χ1) is 13.2. The molecule has 2 aromatic rings. The van der Waals surface area contributed by atoms with Gasteiger partial charge in [-0.15, -0.1) is 0 Å². The number of carbonyl (C=O) groups excluding carboxylic acids is 1. The molecule has 3 N–H and O–H groups in total. The molecule has 0 aliphatic carbocycles. The van der Waals surface area contributed by atoms with Crippen molar-refractivity contribution in [3.8, 4) is 0 Å². The smallest absolute Gasteiger partial charge is 0.270 e. The third-order valence-electron chi connectivity index (χ3n) is 5.19. The second kappa shape index (κ2) is 8.12. The molecular weight excluding hydrogens is 342 g/mol. The first kappa shape index (κ1) is 18.0. The van der Waals surface area contributed by atoms with E-state index < -0.39 is 6.10 Å². The van der Waals surface area contributed by atoms with Crippen LogP contribution in [0, 0.1) is 5.92 Å². The molecule has 3 heterocycles. The Morgan fingerprint density at radius 1 is 1.26 bits per heavy atom. The van der Waals surface area contributed by atoms with E-state index in [1.165, 1.54) is 17.5 Å². The summed E-state index contributed by atoms with van der Waals surface area (Å²) in [5.74, 6) is 0.316. The van der Waals surface area contributed by atoms with Gasteiger partial charge in [-0.2, -0.15) is 0 Å². The number of hydrogen-bond acceptors (Lipinski definition) is 6. The fourth-order valence-electron chi connectivity index (χ4n) is 3.62. The number of β-amino-alcohol motifs (C(OH)–C–C–N with tert-alkyl or cyclic N) is 1.